The number of anilines is 1. The predicted molar refractivity (Wildman–Crippen MR) is 61.5 cm³/mol. The number of ether oxygens (including phenoxy) is 1. The Labute approximate surface area is 99.2 Å². The molecule has 16 heavy (non-hydrogen) atoms. The second kappa shape index (κ2) is 4.97. The zero-order valence-corrected chi connectivity index (χ0v) is 9.82. The van der Waals surface area contributed by atoms with E-state index in [-0.39, 0.29) is 18.0 Å². The maximum absolute atomic E-state index is 13.6. The van der Waals surface area contributed by atoms with E-state index in [1.165, 1.54) is 6.07 Å². The number of hydrogen-bond acceptors (Lipinski definition) is 3. The summed E-state index contributed by atoms with van der Waals surface area (Å²) >= 11 is 5.75. The molecule has 2 rings (SSSR count). The van der Waals surface area contributed by atoms with Crippen molar-refractivity contribution in [1.29, 1.82) is 0 Å². The molecule has 1 saturated heterocycles. The van der Waals surface area contributed by atoms with Crippen LogP contribution in [0.15, 0.2) is 18.3 Å². The van der Waals surface area contributed by atoms with Gasteiger partial charge in [0.05, 0.1) is 24.6 Å². The molecule has 0 radical (unpaired) electrons. The van der Waals surface area contributed by atoms with Crippen molar-refractivity contribution < 1.29 is 9.13 Å². The van der Waals surface area contributed by atoms with E-state index in [2.05, 4.69) is 4.98 Å². The quantitative estimate of drug-likeness (QED) is 0.745. The number of rotatable bonds is 2. The van der Waals surface area contributed by atoms with Crippen molar-refractivity contribution in [3.63, 3.8) is 0 Å². The SMILES string of the molecule is CC1COC(CCl)CN1c1ncccc1F. The first-order chi connectivity index (χ1) is 7.72. The van der Waals surface area contributed by atoms with Gasteiger partial charge in [-0.2, -0.15) is 0 Å². The molecule has 88 valence electrons. The summed E-state index contributed by atoms with van der Waals surface area (Å²) in [4.78, 5) is 5.98. The van der Waals surface area contributed by atoms with Gasteiger partial charge in [-0.25, -0.2) is 9.37 Å². The van der Waals surface area contributed by atoms with Crippen molar-refractivity contribution in [3.8, 4) is 0 Å². The molecule has 2 heterocycles. The van der Waals surface area contributed by atoms with Crippen LogP contribution in [0, 0.1) is 5.82 Å². The van der Waals surface area contributed by atoms with Crippen LogP contribution >= 0.6 is 11.6 Å². The molecule has 1 aliphatic heterocycles. The minimum Gasteiger partial charge on any atom is -0.373 e. The number of pyridine rings is 1. The van der Waals surface area contributed by atoms with Crippen LogP contribution in [0.25, 0.3) is 0 Å². The van der Waals surface area contributed by atoms with Gasteiger partial charge in [-0.15, -0.1) is 11.6 Å². The van der Waals surface area contributed by atoms with Crippen molar-refractivity contribution in [3.05, 3.63) is 24.1 Å². The first-order valence-corrected chi connectivity index (χ1v) is 5.80. The van der Waals surface area contributed by atoms with Gasteiger partial charge in [-0.05, 0) is 19.1 Å². The Kier molecular flexibility index (Phi) is 3.61. The van der Waals surface area contributed by atoms with Gasteiger partial charge in [-0.1, -0.05) is 0 Å². The lowest BCUT2D eigenvalue weighted by Crippen LogP contribution is -2.49. The zero-order chi connectivity index (χ0) is 11.5. The molecule has 0 bridgehead atoms. The molecule has 0 aromatic carbocycles. The number of morpholine rings is 1. The number of nitrogens with zero attached hydrogens (tertiary/aromatic N) is 2. The van der Waals surface area contributed by atoms with Crippen molar-refractivity contribution in [2.75, 3.05) is 23.9 Å². The Hall–Kier alpha value is -0.870. The fourth-order valence-corrected chi connectivity index (χ4v) is 1.98. The lowest BCUT2D eigenvalue weighted by atomic mass is 10.2. The van der Waals surface area contributed by atoms with Crippen LogP contribution in [-0.2, 0) is 4.74 Å². The fourth-order valence-electron chi connectivity index (χ4n) is 1.79. The zero-order valence-electron chi connectivity index (χ0n) is 9.07. The second-order valence-corrected chi connectivity index (χ2v) is 4.23. The lowest BCUT2D eigenvalue weighted by Gasteiger charge is -2.38. The smallest absolute Gasteiger partial charge is 0.165 e. The Morgan fingerprint density at radius 3 is 3.19 bits per heavy atom. The van der Waals surface area contributed by atoms with Gasteiger partial charge < -0.3 is 9.64 Å². The Bertz CT molecular complexity index is 364. The van der Waals surface area contributed by atoms with Crippen molar-refractivity contribution >= 4 is 17.4 Å². The van der Waals surface area contributed by atoms with Gasteiger partial charge in [0.25, 0.3) is 0 Å². The van der Waals surface area contributed by atoms with Crippen molar-refractivity contribution in [1.82, 2.24) is 4.98 Å². The molecule has 2 atom stereocenters. The number of alkyl halides is 1. The van der Waals surface area contributed by atoms with Gasteiger partial charge in [0.1, 0.15) is 0 Å². The summed E-state index contributed by atoms with van der Waals surface area (Å²) in [6, 6.07) is 3.12. The van der Waals surface area contributed by atoms with Gasteiger partial charge >= 0.3 is 0 Å². The van der Waals surface area contributed by atoms with E-state index >= 15 is 0 Å². The van der Waals surface area contributed by atoms with Crippen LogP contribution in [0.4, 0.5) is 10.2 Å². The van der Waals surface area contributed by atoms with E-state index in [9.17, 15) is 4.39 Å². The third-order valence-electron chi connectivity index (χ3n) is 2.69. The number of aromatic nitrogens is 1. The molecule has 1 fully saturated rings. The number of hydrogen-bond donors (Lipinski definition) is 0. The summed E-state index contributed by atoms with van der Waals surface area (Å²) in [7, 11) is 0. The minimum atomic E-state index is -0.301. The molecule has 1 aliphatic rings. The maximum atomic E-state index is 13.6. The molecule has 0 spiro atoms. The van der Waals surface area contributed by atoms with Crippen molar-refractivity contribution in [2.24, 2.45) is 0 Å². The van der Waals surface area contributed by atoms with E-state index in [0.717, 1.165) is 0 Å². The molecule has 1 aromatic rings. The summed E-state index contributed by atoms with van der Waals surface area (Å²) in [6.45, 7) is 3.12. The third kappa shape index (κ3) is 2.28. The van der Waals surface area contributed by atoms with Gasteiger partial charge in [-0.3, -0.25) is 0 Å². The molecule has 0 amide bonds. The van der Waals surface area contributed by atoms with Gasteiger partial charge in [0.15, 0.2) is 11.6 Å². The largest absolute Gasteiger partial charge is 0.373 e. The van der Waals surface area contributed by atoms with Crippen LogP contribution < -0.4 is 4.90 Å². The molecule has 2 unspecified atom stereocenters. The monoisotopic (exact) mass is 244 g/mol. The normalized spacial score (nSPS) is 25.8. The van der Waals surface area contributed by atoms with E-state index < -0.39 is 0 Å². The van der Waals surface area contributed by atoms with Crippen LogP contribution in [0.3, 0.4) is 0 Å². The fraction of sp³-hybridized carbons (Fsp3) is 0.545. The maximum Gasteiger partial charge on any atom is 0.165 e. The lowest BCUT2D eigenvalue weighted by molar-refractivity contribution is 0.0358. The van der Waals surface area contributed by atoms with E-state index in [1.807, 2.05) is 11.8 Å². The number of halogens is 2. The Morgan fingerprint density at radius 2 is 2.50 bits per heavy atom. The highest BCUT2D eigenvalue weighted by atomic mass is 35.5. The molecule has 0 saturated carbocycles. The summed E-state index contributed by atoms with van der Waals surface area (Å²) in [5.41, 5.74) is 0. The van der Waals surface area contributed by atoms with Crippen LogP contribution in [0.1, 0.15) is 6.92 Å². The minimum absolute atomic E-state index is 0.0562. The predicted octanol–water partition coefficient (Wildman–Crippen LogP) is 2.05. The molecule has 0 N–H and O–H groups in total. The Morgan fingerprint density at radius 1 is 1.69 bits per heavy atom. The third-order valence-corrected chi connectivity index (χ3v) is 3.03. The molecule has 5 heteroatoms. The van der Waals surface area contributed by atoms with Crippen LogP contribution in [0.5, 0.6) is 0 Å². The topological polar surface area (TPSA) is 25.4 Å². The van der Waals surface area contributed by atoms with Crippen LogP contribution in [-0.4, -0.2) is 36.2 Å². The average Bonchev–Trinajstić information content (AvgIpc) is 2.31. The highest BCUT2D eigenvalue weighted by Gasteiger charge is 2.27. The average molecular weight is 245 g/mol. The molecular weight excluding hydrogens is 231 g/mol. The molecule has 3 nitrogen and oxygen atoms in total. The Balaban J connectivity index is 2.21. The van der Waals surface area contributed by atoms with Crippen molar-refractivity contribution in [2.45, 2.75) is 19.1 Å². The molecular formula is C11H14ClFN2O. The highest BCUT2D eigenvalue weighted by Crippen LogP contribution is 2.22. The standard InChI is InChI=1S/C11H14ClFN2O/c1-8-7-16-9(5-12)6-15(8)11-10(13)3-2-4-14-11/h2-4,8-9H,5-7H2,1H3. The van der Waals surface area contributed by atoms with E-state index in [0.29, 0.717) is 24.8 Å². The highest BCUT2D eigenvalue weighted by molar-refractivity contribution is 6.18. The molecule has 0 aliphatic carbocycles. The van der Waals surface area contributed by atoms with E-state index in [1.54, 1.807) is 12.3 Å². The first kappa shape index (κ1) is 11.6. The van der Waals surface area contributed by atoms with E-state index in [4.69, 9.17) is 16.3 Å². The molecule has 1 aromatic heterocycles. The second-order valence-electron chi connectivity index (χ2n) is 3.92. The van der Waals surface area contributed by atoms with Crippen LogP contribution in [0.2, 0.25) is 0 Å². The summed E-state index contributed by atoms with van der Waals surface area (Å²) < 4.78 is 19.1. The first-order valence-electron chi connectivity index (χ1n) is 5.27. The van der Waals surface area contributed by atoms with Gasteiger partial charge in [0, 0.05) is 12.7 Å². The van der Waals surface area contributed by atoms with Gasteiger partial charge in [0.2, 0.25) is 0 Å². The summed E-state index contributed by atoms with van der Waals surface area (Å²) in [5, 5.41) is 0. The summed E-state index contributed by atoms with van der Waals surface area (Å²) in [5.74, 6) is 0.496. The summed E-state index contributed by atoms with van der Waals surface area (Å²) in [6.07, 6.45) is 1.54.